The molecule has 52 heavy (non-hydrogen) atoms. The van der Waals surface area contributed by atoms with Crippen molar-refractivity contribution in [3.8, 4) is 0 Å². The lowest BCUT2D eigenvalue weighted by atomic mass is 10.0. The number of rotatable bonds is 40. The lowest BCUT2D eigenvalue weighted by molar-refractivity contribution is -0.246. The highest BCUT2D eigenvalue weighted by Crippen LogP contribution is 2.43. The molecule has 11 nitrogen and oxygen atoms in total. The number of esters is 2. The van der Waals surface area contributed by atoms with E-state index in [1.165, 1.54) is 96.3 Å². The standard InChI is InChI=1S/C40H77O11P/c1-3-5-7-9-11-13-15-17-18-20-22-24-26-28-30-32-40(44)50-38(36-48-51-52(45,46)49-34-37(42)33-41)35-47-39(43)31-29-27-25-23-21-19-16-14-12-10-8-6-4-2/h17-18,37-38,41-42H,3-16,19-36H2,1-2H3,(H,45,46)/b18-17-/t37-,38+/m0/s1. The molecule has 0 aliphatic rings. The second-order valence-electron chi connectivity index (χ2n) is 14.1. The van der Waals surface area contributed by atoms with Crippen molar-refractivity contribution >= 4 is 19.8 Å². The Kier molecular flexibility index (Phi) is 37.0. The van der Waals surface area contributed by atoms with Gasteiger partial charge in [0.15, 0.2) is 6.10 Å². The smallest absolute Gasteiger partial charge is 0.462 e. The van der Waals surface area contributed by atoms with Gasteiger partial charge in [0.2, 0.25) is 0 Å². The van der Waals surface area contributed by atoms with Crippen molar-refractivity contribution in [2.75, 3.05) is 26.4 Å². The van der Waals surface area contributed by atoms with Crippen molar-refractivity contribution in [1.29, 1.82) is 0 Å². The number of unbranched alkanes of at least 4 members (excludes halogenated alkanes) is 23. The number of aliphatic hydroxyl groups excluding tert-OH is 2. The third kappa shape index (κ3) is 37.0. The summed E-state index contributed by atoms with van der Waals surface area (Å²) in [5.74, 6) is -0.912. The van der Waals surface area contributed by atoms with Crippen LogP contribution >= 0.6 is 7.82 Å². The second-order valence-corrected chi connectivity index (χ2v) is 15.4. The van der Waals surface area contributed by atoms with Crippen LogP contribution in [0.4, 0.5) is 0 Å². The summed E-state index contributed by atoms with van der Waals surface area (Å²) in [5.41, 5.74) is 0. The van der Waals surface area contributed by atoms with Crippen LogP contribution in [0.25, 0.3) is 0 Å². The maximum atomic E-state index is 12.6. The fourth-order valence-electron chi connectivity index (χ4n) is 5.67. The molecule has 0 aromatic carbocycles. The number of aliphatic hydroxyl groups is 2. The highest BCUT2D eigenvalue weighted by Gasteiger charge is 2.26. The maximum absolute atomic E-state index is 12.6. The Morgan fingerprint density at radius 3 is 1.48 bits per heavy atom. The Bertz CT molecular complexity index is 886. The molecule has 0 saturated heterocycles. The lowest BCUT2D eigenvalue weighted by Crippen LogP contribution is -2.30. The molecular weight excluding hydrogens is 687 g/mol. The number of allylic oxidation sites excluding steroid dienone is 2. The lowest BCUT2D eigenvalue weighted by Gasteiger charge is -2.19. The minimum atomic E-state index is -4.72. The van der Waals surface area contributed by atoms with E-state index < -0.39 is 51.8 Å². The van der Waals surface area contributed by atoms with Gasteiger partial charge in [-0.2, -0.15) is 0 Å². The van der Waals surface area contributed by atoms with Gasteiger partial charge in [-0.1, -0.05) is 154 Å². The molecule has 3 N–H and O–H groups in total. The SMILES string of the molecule is CCCCCCCC/C=C\CCCCCCCC(=O)O[C@@H](COOP(=O)(O)OC[C@@H](O)CO)COC(=O)CCCCCCCCCCCCCCC. The zero-order chi connectivity index (χ0) is 38.4. The zero-order valence-electron chi connectivity index (χ0n) is 33.0. The molecule has 308 valence electrons. The van der Waals surface area contributed by atoms with Crippen molar-refractivity contribution in [3.63, 3.8) is 0 Å². The van der Waals surface area contributed by atoms with Gasteiger partial charge in [0.05, 0.1) is 13.2 Å². The summed E-state index contributed by atoms with van der Waals surface area (Å²) in [6, 6.07) is 0. The van der Waals surface area contributed by atoms with Gasteiger partial charge < -0.3 is 24.6 Å². The Hall–Kier alpha value is -1.33. The van der Waals surface area contributed by atoms with Crippen LogP contribution in [0.15, 0.2) is 12.2 Å². The average molecular weight is 765 g/mol. The van der Waals surface area contributed by atoms with Gasteiger partial charge in [-0.3, -0.25) is 14.1 Å². The molecule has 0 heterocycles. The van der Waals surface area contributed by atoms with Gasteiger partial charge in [0.25, 0.3) is 0 Å². The summed E-state index contributed by atoms with van der Waals surface area (Å²) < 4.78 is 31.8. The maximum Gasteiger partial charge on any atom is 0.499 e. The van der Waals surface area contributed by atoms with Crippen LogP contribution in [-0.2, 0) is 37.7 Å². The summed E-state index contributed by atoms with van der Waals surface area (Å²) in [6.07, 6.45) is 33.1. The van der Waals surface area contributed by atoms with E-state index in [2.05, 4.69) is 35.2 Å². The minimum absolute atomic E-state index is 0.184. The third-order valence-electron chi connectivity index (χ3n) is 8.90. The Balaban J connectivity index is 4.34. The number of carbonyl (C=O) groups is 2. The first-order chi connectivity index (χ1) is 25.2. The van der Waals surface area contributed by atoms with Gasteiger partial charge in [0.1, 0.15) is 19.3 Å². The highest BCUT2D eigenvalue weighted by atomic mass is 31.2. The summed E-state index contributed by atoms with van der Waals surface area (Å²) in [5, 5.41) is 18.2. The molecule has 0 bridgehead atoms. The predicted molar refractivity (Wildman–Crippen MR) is 207 cm³/mol. The van der Waals surface area contributed by atoms with E-state index in [1.807, 2.05) is 0 Å². The number of carbonyl (C=O) groups excluding carboxylic acids is 2. The molecule has 0 fully saturated rings. The molecule has 0 radical (unpaired) electrons. The van der Waals surface area contributed by atoms with Crippen LogP contribution in [-0.4, -0.2) is 65.7 Å². The van der Waals surface area contributed by atoms with Crippen molar-refractivity contribution in [2.45, 2.75) is 206 Å². The molecule has 3 atom stereocenters. The van der Waals surface area contributed by atoms with Gasteiger partial charge in [-0.05, 0) is 38.5 Å². The second kappa shape index (κ2) is 38.0. The number of hydrogen-bond acceptors (Lipinski definition) is 10. The molecule has 0 aromatic heterocycles. The van der Waals surface area contributed by atoms with Crippen LogP contribution < -0.4 is 0 Å². The van der Waals surface area contributed by atoms with E-state index in [9.17, 15) is 24.2 Å². The Labute approximate surface area is 316 Å². The number of phosphoric acid groups is 1. The molecule has 0 spiro atoms. The zero-order valence-corrected chi connectivity index (χ0v) is 33.9. The van der Waals surface area contributed by atoms with Crippen LogP contribution in [0.1, 0.15) is 194 Å². The van der Waals surface area contributed by atoms with Crippen LogP contribution in [0.3, 0.4) is 0 Å². The molecule has 0 saturated carbocycles. The molecular formula is C40H77O11P. The normalized spacial score (nSPS) is 14.0. The van der Waals surface area contributed by atoms with Gasteiger partial charge in [0, 0.05) is 12.8 Å². The van der Waals surface area contributed by atoms with Crippen LogP contribution in [0, 0.1) is 0 Å². The van der Waals surface area contributed by atoms with E-state index in [1.54, 1.807) is 0 Å². The molecule has 0 aliphatic carbocycles. The van der Waals surface area contributed by atoms with Crippen LogP contribution in [0.2, 0.25) is 0 Å². The van der Waals surface area contributed by atoms with Crippen molar-refractivity contribution in [1.82, 2.24) is 0 Å². The summed E-state index contributed by atoms with van der Waals surface area (Å²) in [7, 11) is -4.72. The fourth-order valence-corrected chi connectivity index (χ4v) is 6.27. The minimum Gasteiger partial charge on any atom is -0.462 e. The van der Waals surface area contributed by atoms with E-state index in [0.717, 1.165) is 57.8 Å². The summed E-state index contributed by atoms with van der Waals surface area (Å²) in [6.45, 7) is 2.38. The fraction of sp³-hybridized carbons (Fsp3) is 0.900. The molecule has 0 rings (SSSR count). The third-order valence-corrected chi connectivity index (χ3v) is 9.67. The summed E-state index contributed by atoms with van der Waals surface area (Å²) in [4.78, 5) is 39.5. The molecule has 12 heteroatoms. The first-order valence-corrected chi connectivity index (χ1v) is 22.3. The average Bonchev–Trinajstić information content (AvgIpc) is 3.13. The van der Waals surface area contributed by atoms with Crippen molar-refractivity contribution in [3.05, 3.63) is 12.2 Å². The van der Waals surface area contributed by atoms with Gasteiger partial charge in [-0.15, -0.1) is 4.67 Å². The van der Waals surface area contributed by atoms with Crippen molar-refractivity contribution in [2.24, 2.45) is 0 Å². The first kappa shape index (κ1) is 50.7. The number of ether oxygens (including phenoxy) is 2. The molecule has 0 aliphatic heterocycles. The largest absolute Gasteiger partial charge is 0.499 e. The first-order valence-electron chi connectivity index (χ1n) is 20.8. The quantitative estimate of drug-likeness (QED) is 0.0136. The van der Waals surface area contributed by atoms with E-state index >= 15 is 0 Å². The van der Waals surface area contributed by atoms with E-state index in [-0.39, 0.29) is 19.4 Å². The summed E-state index contributed by atoms with van der Waals surface area (Å²) >= 11 is 0. The Morgan fingerprint density at radius 1 is 0.596 bits per heavy atom. The predicted octanol–water partition coefficient (Wildman–Crippen LogP) is 10.4. The van der Waals surface area contributed by atoms with Gasteiger partial charge >= 0.3 is 19.8 Å². The van der Waals surface area contributed by atoms with E-state index in [0.29, 0.717) is 12.8 Å². The number of hydrogen-bond donors (Lipinski definition) is 3. The number of phosphoric ester groups is 1. The molecule has 0 amide bonds. The van der Waals surface area contributed by atoms with Crippen LogP contribution in [0.5, 0.6) is 0 Å². The van der Waals surface area contributed by atoms with Gasteiger partial charge in [-0.25, -0.2) is 9.45 Å². The molecule has 1 unspecified atom stereocenters. The Morgan fingerprint density at radius 2 is 1.02 bits per heavy atom. The highest BCUT2D eigenvalue weighted by molar-refractivity contribution is 7.47. The van der Waals surface area contributed by atoms with Crippen molar-refractivity contribution < 1.29 is 52.8 Å². The monoisotopic (exact) mass is 765 g/mol. The molecule has 0 aromatic rings. The van der Waals surface area contributed by atoms with E-state index in [4.69, 9.17) is 19.5 Å². The topological polar surface area (TPSA) is 158 Å².